The number of H-pyrrole nitrogens is 1. The highest BCUT2D eigenvalue weighted by Crippen LogP contribution is 2.25. The van der Waals surface area contributed by atoms with Crippen LogP contribution in [0.3, 0.4) is 0 Å². The quantitative estimate of drug-likeness (QED) is 0.362. The first-order chi connectivity index (χ1) is 14.0. The molecule has 0 aliphatic rings. The molecule has 6 nitrogen and oxygen atoms in total. The molecule has 0 saturated carbocycles. The van der Waals surface area contributed by atoms with E-state index in [-0.39, 0.29) is 5.75 Å². The van der Waals surface area contributed by atoms with Crippen molar-refractivity contribution in [1.29, 1.82) is 0 Å². The first kappa shape index (κ1) is 18.4. The number of nitrogens with one attached hydrogen (secondary N) is 2. The van der Waals surface area contributed by atoms with Crippen LogP contribution in [-0.2, 0) is 0 Å². The summed E-state index contributed by atoms with van der Waals surface area (Å²) in [7, 11) is 0. The Morgan fingerprint density at radius 1 is 1.07 bits per heavy atom. The zero-order valence-corrected chi connectivity index (χ0v) is 16.1. The molecule has 0 radical (unpaired) electrons. The van der Waals surface area contributed by atoms with Crippen molar-refractivity contribution in [2.75, 3.05) is 0 Å². The number of phenolic OH excluding ortho intramolecular Hbond substituents is 1. The third-order valence-electron chi connectivity index (χ3n) is 4.93. The summed E-state index contributed by atoms with van der Waals surface area (Å²) in [6.07, 6.45) is 1.44. The third-order valence-corrected chi connectivity index (χ3v) is 4.93. The van der Waals surface area contributed by atoms with Crippen LogP contribution in [0.1, 0.15) is 27.2 Å². The van der Waals surface area contributed by atoms with E-state index in [1.54, 1.807) is 12.1 Å². The number of hydrazone groups is 1. The number of aryl methyl sites for hydroxylation is 2. The summed E-state index contributed by atoms with van der Waals surface area (Å²) in [6, 6.07) is 18.8. The number of hydrogen-bond acceptors (Lipinski definition) is 4. The minimum atomic E-state index is -0.413. The van der Waals surface area contributed by atoms with Crippen molar-refractivity contribution in [3.63, 3.8) is 0 Å². The molecule has 1 heterocycles. The zero-order chi connectivity index (χ0) is 20.4. The number of aromatic amines is 1. The molecule has 0 saturated heterocycles. The fourth-order valence-electron chi connectivity index (χ4n) is 3.12. The number of phenols is 1. The third kappa shape index (κ3) is 3.73. The summed E-state index contributed by atoms with van der Waals surface area (Å²) in [5.74, 6) is -0.316. The van der Waals surface area contributed by atoms with Crippen LogP contribution in [0.2, 0.25) is 0 Å². The molecule has 4 aromatic rings. The van der Waals surface area contributed by atoms with Gasteiger partial charge in [-0.3, -0.25) is 9.89 Å². The first-order valence-electron chi connectivity index (χ1n) is 9.20. The Hall–Kier alpha value is -3.93. The standard InChI is InChI=1S/C23H20N4O2/c1-14-7-8-17(11-15(14)2)20-12-21(26-25-20)23(29)27-24-13-19-18-6-4-3-5-16(18)9-10-22(19)28/h3-13,28H,1-2H3,(H,25,26)(H,27,29)/b24-13+. The molecule has 0 aliphatic heterocycles. The molecular weight excluding hydrogens is 364 g/mol. The van der Waals surface area contributed by atoms with Crippen molar-refractivity contribution in [2.24, 2.45) is 5.10 Å². The summed E-state index contributed by atoms with van der Waals surface area (Å²) in [5.41, 5.74) is 7.31. The number of carbonyl (C=O) groups excluding carboxylic acids is 1. The van der Waals surface area contributed by atoms with Crippen molar-refractivity contribution < 1.29 is 9.90 Å². The minimum absolute atomic E-state index is 0.0975. The first-order valence-corrected chi connectivity index (χ1v) is 9.20. The highest BCUT2D eigenvalue weighted by atomic mass is 16.3. The monoisotopic (exact) mass is 384 g/mol. The van der Waals surface area contributed by atoms with Crippen LogP contribution in [0.25, 0.3) is 22.0 Å². The molecule has 3 N–H and O–H groups in total. The average molecular weight is 384 g/mol. The van der Waals surface area contributed by atoms with Gasteiger partial charge in [-0.15, -0.1) is 0 Å². The van der Waals surface area contributed by atoms with Gasteiger partial charge in [0.15, 0.2) is 0 Å². The van der Waals surface area contributed by atoms with Gasteiger partial charge < -0.3 is 5.11 Å². The van der Waals surface area contributed by atoms with Gasteiger partial charge in [0, 0.05) is 11.1 Å². The van der Waals surface area contributed by atoms with Gasteiger partial charge >= 0.3 is 0 Å². The molecule has 1 aromatic heterocycles. The zero-order valence-electron chi connectivity index (χ0n) is 16.1. The van der Waals surface area contributed by atoms with Crippen LogP contribution in [0, 0.1) is 13.8 Å². The Morgan fingerprint density at radius 3 is 2.72 bits per heavy atom. The number of hydrogen-bond donors (Lipinski definition) is 3. The van der Waals surface area contributed by atoms with Crippen molar-refractivity contribution >= 4 is 22.9 Å². The van der Waals surface area contributed by atoms with Crippen molar-refractivity contribution in [2.45, 2.75) is 13.8 Å². The van der Waals surface area contributed by atoms with Crippen molar-refractivity contribution in [3.8, 4) is 17.0 Å². The van der Waals surface area contributed by atoms with Gasteiger partial charge in [-0.1, -0.05) is 42.5 Å². The van der Waals surface area contributed by atoms with Crippen LogP contribution in [0.15, 0.2) is 65.8 Å². The van der Waals surface area contributed by atoms with Crippen LogP contribution in [-0.4, -0.2) is 27.4 Å². The molecular formula is C23H20N4O2. The lowest BCUT2D eigenvalue weighted by atomic mass is 10.0. The van der Waals surface area contributed by atoms with Gasteiger partial charge in [-0.05, 0) is 53.9 Å². The Kier molecular flexibility index (Phi) is 4.83. The summed E-state index contributed by atoms with van der Waals surface area (Å²) in [6.45, 7) is 4.09. The van der Waals surface area contributed by atoms with Crippen LogP contribution >= 0.6 is 0 Å². The molecule has 4 rings (SSSR count). The molecule has 0 atom stereocenters. The van der Waals surface area contributed by atoms with E-state index in [1.807, 2.05) is 62.4 Å². The fourth-order valence-corrected chi connectivity index (χ4v) is 3.12. The second kappa shape index (κ2) is 7.59. The lowest BCUT2D eigenvalue weighted by Gasteiger charge is -2.04. The Bertz CT molecular complexity index is 1240. The molecule has 3 aromatic carbocycles. The van der Waals surface area contributed by atoms with E-state index in [4.69, 9.17) is 0 Å². The fraction of sp³-hybridized carbons (Fsp3) is 0.0870. The summed E-state index contributed by atoms with van der Waals surface area (Å²) >= 11 is 0. The van der Waals surface area contributed by atoms with Gasteiger partial charge in [0.25, 0.3) is 5.91 Å². The second-order valence-electron chi connectivity index (χ2n) is 6.88. The maximum Gasteiger partial charge on any atom is 0.289 e. The maximum absolute atomic E-state index is 12.4. The van der Waals surface area contributed by atoms with E-state index in [0.29, 0.717) is 17.0 Å². The van der Waals surface area contributed by atoms with Crippen LogP contribution in [0.4, 0.5) is 0 Å². The van der Waals surface area contributed by atoms with Crippen LogP contribution in [0.5, 0.6) is 5.75 Å². The van der Waals surface area contributed by atoms with E-state index in [1.165, 1.54) is 11.8 Å². The highest BCUT2D eigenvalue weighted by Gasteiger charge is 2.11. The lowest BCUT2D eigenvalue weighted by molar-refractivity contribution is 0.0950. The normalized spacial score (nSPS) is 11.2. The van der Waals surface area contributed by atoms with Gasteiger partial charge in [-0.2, -0.15) is 10.2 Å². The summed E-state index contributed by atoms with van der Waals surface area (Å²) in [4.78, 5) is 12.4. The molecule has 0 unspecified atom stereocenters. The number of carbonyl (C=O) groups is 1. The molecule has 0 aliphatic carbocycles. The second-order valence-corrected chi connectivity index (χ2v) is 6.88. The Morgan fingerprint density at radius 2 is 1.90 bits per heavy atom. The van der Waals surface area contributed by atoms with E-state index < -0.39 is 5.91 Å². The molecule has 29 heavy (non-hydrogen) atoms. The molecule has 1 amide bonds. The Balaban J connectivity index is 1.52. The van der Waals surface area contributed by atoms with Crippen molar-refractivity contribution in [3.05, 3.63) is 83.0 Å². The SMILES string of the molecule is Cc1ccc(-c2cc(C(=O)N/N=C/c3c(O)ccc4ccccc34)[nH]n2)cc1C. The van der Waals surface area contributed by atoms with E-state index in [2.05, 4.69) is 20.7 Å². The number of nitrogens with zero attached hydrogens (tertiary/aromatic N) is 2. The van der Waals surface area contributed by atoms with Gasteiger partial charge in [0.1, 0.15) is 11.4 Å². The smallest absolute Gasteiger partial charge is 0.289 e. The predicted octanol–water partition coefficient (Wildman–Crippen LogP) is 4.32. The number of fused-ring (bicyclic) bond motifs is 1. The summed E-state index contributed by atoms with van der Waals surface area (Å²) < 4.78 is 0. The lowest BCUT2D eigenvalue weighted by Crippen LogP contribution is -2.18. The van der Waals surface area contributed by atoms with Crippen LogP contribution < -0.4 is 5.43 Å². The molecule has 0 spiro atoms. The highest BCUT2D eigenvalue weighted by molar-refractivity contribution is 6.03. The van der Waals surface area contributed by atoms with E-state index >= 15 is 0 Å². The largest absolute Gasteiger partial charge is 0.507 e. The maximum atomic E-state index is 12.4. The van der Waals surface area contributed by atoms with Crippen molar-refractivity contribution in [1.82, 2.24) is 15.6 Å². The number of aromatic nitrogens is 2. The van der Waals surface area contributed by atoms with Gasteiger partial charge in [0.2, 0.25) is 0 Å². The molecule has 144 valence electrons. The number of aromatic hydroxyl groups is 1. The number of rotatable bonds is 4. The van der Waals surface area contributed by atoms with E-state index in [9.17, 15) is 9.90 Å². The molecule has 0 bridgehead atoms. The van der Waals surface area contributed by atoms with Gasteiger partial charge in [-0.25, -0.2) is 5.43 Å². The summed E-state index contributed by atoms with van der Waals surface area (Å²) in [5, 5.41) is 22.9. The van der Waals surface area contributed by atoms with E-state index in [0.717, 1.165) is 21.9 Å². The Labute approximate surface area is 167 Å². The average Bonchev–Trinajstić information content (AvgIpc) is 3.22. The van der Waals surface area contributed by atoms with Gasteiger partial charge in [0.05, 0.1) is 11.9 Å². The minimum Gasteiger partial charge on any atom is -0.507 e. The topological polar surface area (TPSA) is 90.4 Å². The molecule has 6 heteroatoms. The number of benzene rings is 3. The predicted molar refractivity (Wildman–Crippen MR) is 114 cm³/mol. The number of amides is 1. The molecule has 0 fully saturated rings.